The summed E-state index contributed by atoms with van der Waals surface area (Å²) >= 11 is 0. The van der Waals surface area contributed by atoms with Gasteiger partial charge in [-0.05, 0) is 24.3 Å². The van der Waals surface area contributed by atoms with Crippen molar-refractivity contribution in [3.05, 3.63) is 42.5 Å². The van der Waals surface area contributed by atoms with E-state index in [0.29, 0.717) is 25.2 Å². The van der Waals surface area contributed by atoms with E-state index in [1.807, 2.05) is 30.3 Å². The minimum Gasteiger partial charge on any atom is -0.492 e. The number of ether oxygens (including phenoxy) is 1. The Bertz CT molecular complexity index is 644. The van der Waals surface area contributed by atoms with Crippen LogP contribution in [0.2, 0.25) is 0 Å². The molecular weight excluding hydrogens is 264 g/mol. The van der Waals surface area contributed by atoms with Crippen molar-refractivity contribution < 1.29 is 17.7 Å². The van der Waals surface area contributed by atoms with Gasteiger partial charge in [-0.3, -0.25) is 4.55 Å². The van der Waals surface area contributed by atoms with Crippen molar-refractivity contribution in [3.63, 3.8) is 0 Å². The Morgan fingerprint density at radius 2 is 1.95 bits per heavy atom. The number of rotatable bonds is 6. The lowest BCUT2D eigenvalue weighted by Crippen LogP contribution is -2.06. The summed E-state index contributed by atoms with van der Waals surface area (Å²) in [6.07, 6.45) is 0.945. The number of fused-ring (bicyclic) bond motifs is 1. The van der Waals surface area contributed by atoms with Gasteiger partial charge in [-0.1, -0.05) is 30.3 Å². The van der Waals surface area contributed by atoms with Gasteiger partial charge in [0.25, 0.3) is 10.1 Å². The Balaban J connectivity index is 1.92. The van der Waals surface area contributed by atoms with Crippen LogP contribution in [-0.2, 0) is 10.1 Å². The van der Waals surface area contributed by atoms with Crippen LogP contribution in [0.25, 0.3) is 10.8 Å². The molecule has 0 unspecified atom stereocenters. The van der Waals surface area contributed by atoms with Crippen LogP contribution in [0.4, 0.5) is 0 Å². The van der Waals surface area contributed by atoms with Crippen LogP contribution in [0, 0.1) is 6.07 Å². The van der Waals surface area contributed by atoms with Crippen molar-refractivity contribution in [1.82, 2.24) is 0 Å². The third kappa shape index (κ3) is 4.22. The summed E-state index contributed by atoms with van der Waals surface area (Å²) in [7, 11) is -3.87. The summed E-state index contributed by atoms with van der Waals surface area (Å²) in [6.45, 7) is 0.403. The summed E-state index contributed by atoms with van der Waals surface area (Å²) in [5, 5.41) is 2.06. The predicted octanol–water partition coefficient (Wildman–Crippen LogP) is 2.69. The minimum absolute atomic E-state index is 0.227. The quantitative estimate of drug-likeness (QED) is 0.652. The van der Waals surface area contributed by atoms with Gasteiger partial charge in [0.05, 0.1) is 12.4 Å². The highest BCUT2D eigenvalue weighted by Crippen LogP contribution is 2.24. The fraction of sp³-hybridized carbons (Fsp3) is 0.286. The average Bonchev–Trinajstić information content (AvgIpc) is 2.37. The van der Waals surface area contributed by atoms with E-state index >= 15 is 0 Å². The van der Waals surface area contributed by atoms with Crippen molar-refractivity contribution in [2.24, 2.45) is 0 Å². The fourth-order valence-electron chi connectivity index (χ4n) is 1.81. The van der Waals surface area contributed by atoms with Crippen molar-refractivity contribution in [2.75, 3.05) is 12.4 Å². The van der Waals surface area contributed by atoms with Crippen molar-refractivity contribution in [1.29, 1.82) is 0 Å². The Labute approximate surface area is 112 Å². The molecule has 2 aromatic carbocycles. The molecule has 0 fully saturated rings. The second-order valence-corrected chi connectivity index (χ2v) is 5.81. The second-order valence-electron chi connectivity index (χ2n) is 4.24. The number of benzene rings is 2. The smallest absolute Gasteiger partial charge is 0.264 e. The first-order valence-corrected chi connectivity index (χ1v) is 7.64. The molecule has 0 aliphatic heterocycles. The average molecular weight is 279 g/mol. The predicted molar refractivity (Wildman–Crippen MR) is 73.9 cm³/mol. The van der Waals surface area contributed by atoms with Gasteiger partial charge in [-0.25, -0.2) is 0 Å². The van der Waals surface area contributed by atoms with E-state index < -0.39 is 10.1 Å². The summed E-state index contributed by atoms with van der Waals surface area (Å²) in [5.74, 6) is 0.445. The van der Waals surface area contributed by atoms with Crippen molar-refractivity contribution >= 4 is 20.9 Å². The van der Waals surface area contributed by atoms with Crippen molar-refractivity contribution in [2.45, 2.75) is 12.8 Å². The molecule has 0 bridgehead atoms. The highest BCUT2D eigenvalue weighted by atomic mass is 32.2. The monoisotopic (exact) mass is 279 g/mol. The number of hydrogen-bond acceptors (Lipinski definition) is 3. The van der Waals surface area contributed by atoms with Gasteiger partial charge >= 0.3 is 0 Å². The molecule has 0 saturated carbocycles. The molecule has 0 spiro atoms. The topological polar surface area (TPSA) is 63.6 Å². The van der Waals surface area contributed by atoms with Gasteiger partial charge in [0, 0.05) is 11.5 Å². The summed E-state index contributed by atoms with van der Waals surface area (Å²) in [4.78, 5) is 0. The molecule has 0 heterocycles. The first kappa shape index (κ1) is 13.8. The number of unbranched alkanes of at least 4 members (excludes halogenated alkanes) is 1. The lowest BCUT2D eigenvalue weighted by molar-refractivity contribution is 0.312. The standard InChI is InChI=1S/C14H15O4S/c15-19(16,17)11-4-3-10-18-14-9-5-7-12-6-1-2-8-13(12)14/h1-2,5-8H,3-4,10-11H2,(H,15,16,17). The van der Waals surface area contributed by atoms with Gasteiger partial charge in [-0.2, -0.15) is 8.42 Å². The fourth-order valence-corrected chi connectivity index (χ4v) is 2.38. The van der Waals surface area contributed by atoms with Crippen LogP contribution in [0.15, 0.2) is 36.4 Å². The molecule has 0 amide bonds. The normalized spacial score (nSPS) is 11.6. The maximum absolute atomic E-state index is 10.5. The highest BCUT2D eigenvalue weighted by Gasteiger charge is 2.04. The molecule has 0 aliphatic carbocycles. The molecule has 0 aromatic heterocycles. The van der Waals surface area contributed by atoms with Crippen LogP contribution in [0.3, 0.4) is 0 Å². The Morgan fingerprint density at radius 3 is 2.74 bits per heavy atom. The van der Waals surface area contributed by atoms with E-state index in [0.717, 1.165) is 10.8 Å². The molecule has 4 nitrogen and oxygen atoms in total. The first-order valence-electron chi connectivity index (χ1n) is 6.04. The van der Waals surface area contributed by atoms with Crippen LogP contribution >= 0.6 is 0 Å². The third-order valence-electron chi connectivity index (χ3n) is 2.73. The summed E-state index contributed by atoms with van der Waals surface area (Å²) in [6, 6.07) is 14.6. The SMILES string of the molecule is O=S(=O)(O)CCCCOc1[c]ccc2ccccc12. The Hall–Kier alpha value is -1.59. The van der Waals surface area contributed by atoms with E-state index in [4.69, 9.17) is 9.29 Å². The second kappa shape index (κ2) is 6.04. The van der Waals surface area contributed by atoms with Gasteiger partial charge in [0.1, 0.15) is 5.75 Å². The Morgan fingerprint density at radius 1 is 1.16 bits per heavy atom. The van der Waals surface area contributed by atoms with E-state index in [1.54, 1.807) is 6.07 Å². The Kier molecular flexibility index (Phi) is 4.39. The number of hydrogen-bond donors (Lipinski definition) is 1. The lowest BCUT2D eigenvalue weighted by atomic mass is 10.1. The summed E-state index contributed by atoms with van der Waals surface area (Å²) in [5.41, 5.74) is 0. The van der Waals surface area contributed by atoms with Crippen LogP contribution < -0.4 is 4.74 Å². The molecule has 1 N–H and O–H groups in total. The molecule has 0 aliphatic rings. The molecule has 0 saturated heterocycles. The molecule has 5 heteroatoms. The van der Waals surface area contributed by atoms with E-state index in [2.05, 4.69) is 6.07 Å². The van der Waals surface area contributed by atoms with Crippen molar-refractivity contribution in [3.8, 4) is 5.75 Å². The molecule has 2 aromatic rings. The molecule has 101 valence electrons. The van der Waals surface area contributed by atoms with Crippen LogP contribution in [-0.4, -0.2) is 25.3 Å². The van der Waals surface area contributed by atoms with Gasteiger partial charge in [0.2, 0.25) is 0 Å². The van der Waals surface area contributed by atoms with Gasteiger partial charge in [-0.15, -0.1) is 0 Å². The van der Waals surface area contributed by atoms with Gasteiger partial charge < -0.3 is 4.74 Å². The van der Waals surface area contributed by atoms with Gasteiger partial charge in [0.15, 0.2) is 0 Å². The zero-order valence-electron chi connectivity index (χ0n) is 10.4. The maximum Gasteiger partial charge on any atom is 0.264 e. The molecule has 2 rings (SSSR count). The van der Waals surface area contributed by atoms with E-state index in [9.17, 15) is 8.42 Å². The van der Waals surface area contributed by atoms with E-state index in [1.165, 1.54) is 0 Å². The van der Waals surface area contributed by atoms with E-state index in [-0.39, 0.29) is 5.75 Å². The zero-order valence-corrected chi connectivity index (χ0v) is 11.2. The molecule has 0 atom stereocenters. The summed E-state index contributed by atoms with van der Waals surface area (Å²) < 4.78 is 35.3. The lowest BCUT2D eigenvalue weighted by Gasteiger charge is -2.08. The third-order valence-corrected chi connectivity index (χ3v) is 3.53. The molecular formula is C14H15O4S. The highest BCUT2D eigenvalue weighted by molar-refractivity contribution is 7.85. The van der Waals surface area contributed by atoms with Crippen LogP contribution in [0.1, 0.15) is 12.8 Å². The first-order chi connectivity index (χ1) is 9.06. The largest absolute Gasteiger partial charge is 0.492 e. The molecule has 1 radical (unpaired) electrons. The van der Waals surface area contributed by atoms with Crippen LogP contribution in [0.5, 0.6) is 5.75 Å². The maximum atomic E-state index is 10.5. The zero-order chi connectivity index (χ0) is 13.7. The molecule has 19 heavy (non-hydrogen) atoms. The minimum atomic E-state index is -3.87.